The molecule has 0 saturated carbocycles. The summed E-state index contributed by atoms with van der Waals surface area (Å²) in [6.07, 6.45) is -0.203. The van der Waals surface area contributed by atoms with E-state index in [1.54, 1.807) is 52.0 Å². The number of aryl methyl sites for hydroxylation is 1. The lowest BCUT2D eigenvalue weighted by Gasteiger charge is -2.20. The maximum absolute atomic E-state index is 13.0. The van der Waals surface area contributed by atoms with Crippen molar-refractivity contribution in [1.82, 2.24) is 25.5 Å². The summed E-state index contributed by atoms with van der Waals surface area (Å²) in [5.74, 6) is 1.11. The fourth-order valence-electron chi connectivity index (χ4n) is 1.87. The van der Waals surface area contributed by atoms with Gasteiger partial charge in [0.05, 0.1) is 12.0 Å². The minimum atomic E-state index is -0.614. The molecule has 0 spiro atoms. The topological polar surface area (TPSA) is 91.2 Å². The summed E-state index contributed by atoms with van der Waals surface area (Å²) in [6.45, 7) is 6.99. The molecule has 2 aromatic rings. The lowest BCUT2D eigenvalue weighted by atomic mass is 10.2. The van der Waals surface area contributed by atoms with Gasteiger partial charge in [0.1, 0.15) is 18.0 Å². The maximum Gasteiger partial charge on any atom is 0.407 e. The third-order valence-corrected chi connectivity index (χ3v) is 3.02. The smallest absolute Gasteiger partial charge is 0.407 e. The summed E-state index contributed by atoms with van der Waals surface area (Å²) in [4.78, 5) is 13.0. The van der Waals surface area contributed by atoms with E-state index in [2.05, 4.69) is 20.7 Å². The van der Waals surface area contributed by atoms with Crippen LogP contribution in [-0.4, -0.2) is 45.1 Å². The van der Waals surface area contributed by atoms with Crippen LogP contribution < -0.4 is 10.1 Å². The van der Waals surface area contributed by atoms with E-state index in [9.17, 15) is 9.18 Å². The van der Waals surface area contributed by atoms with Crippen molar-refractivity contribution in [3.63, 3.8) is 0 Å². The minimum Gasteiger partial charge on any atom is -0.489 e. The molecule has 0 aliphatic heterocycles. The zero-order valence-electron chi connectivity index (χ0n) is 15.2. The van der Waals surface area contributed by atoms with Crippen LogP contribution in [0.4, 0.5) is 9.18 Å². The molecule has 8 nitrogen and oxygen atoms in total. The highest BCUT2D eigenvalue weighted by atomic mass is 19.1. The lowest BCUT2D eigenvalue weighted by molar-refractivity contribution is 0.0531. The largest absolute Gasteiger partial charge is 0.489 e. The first-order valence-electron chi connectivity index (χ1n) is 8.01. The van der Waals surface area contributed by atoms with Crippen molar-refractivity contribution in [2.75, 3.05) is 13.2 Å². The number of ether oxygens (including phenoxy) is 2. The molecule has 2 rings (SSSR count). The van der Waals surface area contributed by atoms with Crippen molar-refractivity contribution in [3.8, 4) is 11.4 Å². The Morgan fingerprint density at radius 2 is 2.00 bits per heavy atom. The van der Waals surface area contributed by atoms with Gasteiger partial charge in [0.2, 0.25) is 0 Å². The van der Waals surface area contributed by atoms with Crippen molar-refractivity contribution < 1.29 is 18.7 Å². The number of aromatic nitrogens is 4. The van der Waals surface area contributed by atoms with Gasteiger partial charge in [-0.15, -0.1) is 15.0 Å². The van der Waals surface area contributed by atoms with Gasteiger partial charge in [-0.3, -0.25) is 0 Å². The first-order valence-corrected chi connectivity index (χ1v) is 8.01. The zero-order valence-corrected chi connectivity index (χ0v) is 15.2. The number of nitrogens with zero attached hydrogens (tertiary/aromatic N) is 4. The van der Waals surface area contributed by atoms with Gasteiger partial charge in [0, 0.05) is 12.1 Å². The second-order valence-electron chi connectivity index (χ2n) is 6.53. The van der Waals surface area contributed by atoms with E-state index in [4.69, 9.17) is 9.47 Å². The Bertz CT molecular complexity index is 765. The molecule has 1 heterocycles. The van der Waals surface area contributed by atoms with Crippen LogP contribution in [0.25, 0.3) is 5.69 Å². The average Bonchev–Trinajstić information content (AvgIpc) is 3.00. The molecule has 0 fully saturated rings. The molecule has 1 aromatic carbocycles. The van der Waals surface area contributed by atoms with Gasteiger partial charge in [-0.2, -0.15) is 0 Å². The molecule has 0 atom stereocenters. The van der Waals surface area contributed by atoms with E-state index >= 15 is 0 Å². The number of carbonyl (C=O) groups excluding carboxylic acids is 1. The van der Waals surface area contributed by atoms with Crippen LogP contribution in [0.5, 0.6) is 5.75 Å². The van der Waals surface area contributed by atoms with Gasteiger partial charge in [0.25, 0.3) is 0 Å². The zero-order chi connectivity index (χ0) is 19.2. The van der Waals surface area contributed by atoms with Crippen molar-refractivity contribution >= 4 is 6.09 Å². The lowest BCUT2D eigenvalue weighted by Crippen LogP contribution is -2.34. The van der Waals surface area contributed by atoms with Crippen LogP contribution in [0.1, 0.15) is 26.6 Å². The third kappa shape index (κ3) is 6.15. The van der Waals surface area contributed by atoms with Crippen LogP contribution in [0, 0.1) is 6.92 Å². The Hall–Kier alpha value is -2.97. The first kappa shape index (κ1) is 19.4. The number of amides is 1. The van der Waals surface area contributed by atoms with E-state index in [1.165, 1.54) is 4.80 Å². The minimum absolute atomic E-state index is 0.00761. The highest BCUT2D eigenvalue weighted by Crippen LogP contribution is 2.15. The van der Waals surface area contributed by atoms with Gasteiger partial charge in [-0.1, -0.05) is 0 Å². The van der Waals surface area contributed by atoms with Gasteiger partial charge in [-0.05, 0) is 57.2 Å². The Balaban J connectivity index is 1.83. The molecule has 1 amide bonds. The number of halogens is 1. The molecule has 0 radical (unpaired) electrons. The van der Waals surface area contributed by atoms with E-state index in [1.807, 2.05) is 0 Å². The first-order chi connectivity index (χ1) is 12.3. The Kier molecular flexibility index (Phi) is 6.26. The van der Waals surface area contributed by atoms with Crippen LogP contribution in [0.2, 0.25) is 0 Å². The number of nitrogens with one attached hydrogen (secondary N) is 1. The van der Waals surface area contributed by atoms with Crippen molar-refractivity contribution in [2.24, 2.45) is 0 Å². The number of tetrazole rings is 1. The average molecular weight is 363 g/mol. The molecule has 1 N–H and O–H groups in total. The summed E-state index contributed by atoms with van der Waals surface area (Å²) in [7, 11) is 0. The van der Waals surface area contributed by atoms with E-state index in [0.717, 1.165) is 5.69 Å². The highest BCUT2D eigenvalue weighted by molar-refractivity contribution is 5.68. The highest BCUT2D eigenvalue weighted by Gasteiger charge is 2.16. The molecule has 1 aromatic heterocycles. The summed E-state index contributed by atoms with van der Waals surface area (Å²) >= 11 is 0. The second-order valence-corrected chi connectivity index (χ2v) is 6.53. The molecule has 0 unspecified atom stereocenters. The van der Waals surface area contributed by atoms with Gasteiger partial charge >= 0.3 is 6.09 Å². The number of carbonyl (C=O) groups is 1. The Labute approximate surface area is 151 Å². The number of rotatable bonds is 6. The standard InChI is InChI=1S/C17H22FN5O3/c1-12-20-22-23(21-12)14-5-7-15(8-6-14)25-11-13(9-18)10-19-16(24)26-17(2,3)4/h5-9H,10-11H2,1-4H3,(H,19,24)/b13-9-. The van der Waals surface area contributed by atoms with Gasteiger partial charge in [-0.25, -0.2) is 9.18 Å². The summed E-state index contributed by atoms with van der Waals surface area (Å²) in [5.41, 5.74) is 0.388. The van der Waals surface area contributed by atoms with E-state index < -0.39 is 11.7 Å². The summed E-state index contributed by atoms with van der Waals surface area (Å²) in [5, 5.41) is 14.3. The van der Waals surface area contributed by atoms with Gasteiger partial charge in [0.15, 0.2) is 5.82 Å². The maximum atomic E-state index is 13.0. The number of alkyl carbamates (subject to hydrolysis) is 1. The third-order valence-electron chi connectivity index (χ3n) is 3.02. The van der Waals surface area contributed by atoms with Crippen molar-refractivity contribution in [1.29, 1.82) is 0 Å². The molecule has 0 saturated heterocycles. The Morgan fingerprint density at radius 1 is 1.31 bits per heavy atom. The normalized spacial score (nSPS) is 12.0. The summed E-state index contributed by atoms with van der Waals surface area (Å²) in [6, 6.07) is 6.94. The molecule has 0 aliphatic carbocycles. The number of benzene rings is 1. The SMILES string of the molecule is Cc1nnn(-c2ccc(OC/C(=C\F)CNC(=O)OC(C)(C)C)cc2)n1. The van der Waals surface area contributed by atoms with E-state index in [0.29, 0.717) is 17.9 Å². The molecule has 9 heteroatoms. The Morgan fingerprint density at radius 3 is 2.54 bits per heavy atom. The predicted octanol–water partition coefficient (Wildman–Crippen LogP) is 2.73. The fourth-order valence-corrected chi connectivity index (χ4v) is 1.87. The quantitative estimate of drug-likeness (QED) is 0.848. The van der Waals surface area contributed by atoms with Crippen LogP contribution in [0.15, 0.2) is 36.2 Å². The molecular weight excluding hydrogens is 341 g/mol. The monoisotopic (exact) mass is 363 g/mol. The molecular formula is C17H22FN5O3. The number of hydrogen-bond donors (Lipinski definition) is 1. The predicted molar refractivity (Wildman–Crippen MR) is 92.8 cm³/mol. The second kappa shape index (κ2) is 8.41. The molecule has 0 bridgehead atoms. The molecule has 0 aliphatic rings. The molecule has 140 valence electrons. The van der Waals surface area contributed by atoms with Crippen molar-refractivity contribution in [2.45, 2.75) is 33.3 Å². The van der Waals surface area contributed by atoms with Crippen LogP contribution >= 0.6 is 0 Å². The number of hydrogen-bond acceptors (Lipinski definition) is 6. The summed E-state index contributed by atoms with van der Waals surface area (Å²) < 4.78 is 23.6. The van der Waals surface area contributed by atoms with Gasteiger partial charge < -0.3 is 14.8 Å². The molecule has 26 heavy (non-hydrogen) atoms. The van der Waals surface area contributed by atoms with Crippen LogP contribution in [0.3, 0.4) is 0 Å². The fraction of sp³-hybridized carbons (Fsp3) is 0.412. The van der Waals surface area contributed by atoms with Crippen molar-refractivity contribution in [3.05, 3.63) is 42.0 Å². The van der Waals surface area contributed by atoms with E-state index in [-0.39, 0.29) is 18.7 Å². The van der Waals surface area contributed by atoms with Crippen LogP contribution in [-0.2, 0) is 4.74 Å².